The van der Waals surface area contributed by atoms with Crippen LogP contribution in [0.1, 0.15) is 70.2 Å². The molecule has 1 aromatic rings. The third kappa shape index (κ3) is 4.12. The van der Waals surface area contributed by atoms with Gasteiger partial charge in [-0.3, -0.25) is 0 Å². The van der Waals surface area contributed by atoms with Gasteiger partial charge in [-0.25, -0.2) is 4.79 Å². The lowest BCUT2D eigenvalue weighted by molar-refractivity contribution is -0.337. The van der Waals surface area contributed by atoms with E-state index < -0.39 is 29.9 Å². The van der Waals surface area contributed by atoms with Gasteiger partial charge >= 0.3 is 11.9 Å². The molecule has 0 aromatic heterocycles. The van der Waals surface area contributed by atoms with E-state index in [0.717, 1.165) is 11.8 Å². The van der Waals surface area contributed by atoms with Gasteiger partial charge in [-0.1, -0.05) is 27.7 Å². The van der Waals surface area contributed by atoms with Crippen LogP contribution in [0, 0.1) is 35.5 Å². The molecule has 7 heteroatoms. The molecule has 0 spiro atoms. The predicted octanol–water partition coefficient (Wildman–Crippen LogP) is 4.48. The number of rotatable bonds is 8. The minimum Gasteiger partial charge on any atom is -0.544 e. The van der Waals surface area contributed by atoms with Gasteiger partial charge in [0.1, 0.15) is 17.3 Å². The summed E-state index contributed by atoms with van der Waals surface area (Å²) < 4.78 is 39.5. The number of aliphatic carboxylic acids is 1. The summed E-state index contributed by atoms with van der Waals surface area (Å²) in [6, 6.07) is 6.31. The Bertz CT molecular complexity index is 864. The van der Waals surface area contributed by atoms with Gasteiger partial charge in [0.2, 0.25) is 0 Å². The number of ether oxygens (including phenoxy) is 2. The van der Waals surface area contributed by atoms with E-state index >= 15 is 0 Å². The highest BCUT2D eigenvalue weighted by molar-refractivity contribution is 5.90. The van der Waals surface area contributed by atoms with Crippen molar-refractivity contribution in [2.45, 2.75) is 77.4 Å². The van der Waals surface area contributed by atoms with Crippen molar-refractivity contribution >= 4 is 11.9 Å². The molecule has 0 radical (unpaired) electrons. The van der Waals surface area contributed by atoms with Gasteiger partial charge in [0.25, 0.3) is 0 Å². The van der Waals surface area contributed by atoms with Crippen molar-refractivity contribution in [3.05, 3.63) is 29.8 Å². The van der Waals surface area contributed by atoms with E-state index in [1.54, 1.807) is 12.1 Å². The molecule has 4 fully saturated rings. The highest BCUT2D eigenvalue weighted by Crippen LogP contribution is 2.61. The fourth-order valence-electron chi connectivity index (χ4n) is 6.94. The van der Waals surface area contributed by atoms with E-state index in [0.29, 0.717) is 23.5 Å². The summed E-state index contributed by atoms with van der Waals surface area (Å²) in [5, 5.41) is 10.8. The number of hydrogen-bond acceptors (Lipinski definition) is 5. The fourth-order valence-corrected chi connectivity index (χ4v) is 6.94. The second kappa shape index (κ2) is 8.55. The van der Waals surface area contributed by atoms with Crippen molar-refractivity contribution in [3.63, 3.8) is 0 Å². The van der Waals surface area contributed by atoms with Gasteiger partial charge in [-0.15, -0.1) is 0 Å². The Morgan fingerprint density at radius 1 is 0.970 bits per heavy atom. The van der Waals surface area contributed by atoms with Gasteiger partial charge in [0, 0.05) is 0 Å². The molecule has 4 aliphatic rings. The Morgan fingerprint density at radius 2 is 1.48 bits per heavy atom. The number of halogens is 2. The number of hydrogen-bond donors (Lipinski definition) is 0. The minimum atomic E-state index is -4.28. The number of carbonyl (C=O) groups is 2. The normalized spacial score (nSPS) is 31.6. The third-order valence-corrected chi connectivity index (χ3v) is 8.17. The first-order valence-electron chi connectivity index (χ1n) is 12.0. The lowest BCUT2D eigenvalue weighted by atomic mass is 9.47. The van der Waals surface area contributed by atoms with Crippen LogP contribution >= 0.6 is 0 Å². The zero-order chi connectivity index (χ0) is 24.1. The Morgan fingerprint density at radius 3 is 1.91 bits per heavy atom. The zero-order valence-electron chi connectivity index (χ0n) is 19.7. The predicted molar refractivity (Wildman–Crippen MR) is 116 cm³/mol. The first-order chi connectivity index (χ1) is 15.4. The maximum Gasteiger partial charge on any atom is 0.338 e. The molecule has 0 heterocycles. The molecule has 0 saturated heterocycles. The summed E-state index contributed by atoms with van der Waals surface area (Å²) in [6.45, 7) is 7.17. The summed E-state index contributed by atoms with van der Waals surface area (Å²) in [6.07, 6.45) is 4.06. The van der Waals surface area contributed by atoms with Gasteiger partial charge in [-0.05, 0) is 91.9 Å². The van der Waals surface area contributed by atoms with E-state index in [9.17, 15) is 23.5 Å². The molecule has 182 valence electrons. The van der Waals surface area contributed by atoms with Gasteiger partial charge in [0.05, 0.1) is 5.56 Å². The molecule has 0 N–H and O–H groups in total. The highest BCUT2D eigenvalue weighted by atomic mass is 19.3. The average Bonchev–Trinajstić information content (AvgIpc) is 2.73. The number of alkyl halides is 2. The van der Waals surface area contributed by atoms with Crippen molar-refractivity contribution in [2.75, 3.05) is 0 Å². The molecule has 0 amide bonds. The van der Waals surface area contributed by atoms with E-state index in [1.807, 2.05) is 0 Å². The van der Waals surface area contributed by atoms with Crippen LogP contribution in [0.15, 0.2) is 24.3 Å². The van der Waals surface area contributed by atoms with Gasteiger partial charge in [0.15, 0.2) is 6.10 Å². The quantitative estimate of drug-likeness (QED) is 0.531. The van der Waals surface area contributed by atoms with Gasteiger partial charge in [-0.2, -0.15) is 8.78 Å². The lowest BCUT2D eigenvalue weighted by Gasteiger charge is -2.62. The zero-order valence-corrected chi connectivity index (χ0v) is 19.7. The van der Waals surface area contributed by atoms with Crippen molar-refractivity contribution in [2.24, 2.45) is 35.5 Å². The summed E-state index contributed by atoms with van der Waals surface area (Å²) >= 11 is 0. The minimum absolute atomic E-state index is 0.0610. The van der Waals surface area contributed by atoms with Crippen molar-refractivity contribution in [1.82, 2.24) is 0 Å². The standard InChI is InChI=1S/C26H34F2O5/c1-14(2)22(26(27,28)24(30)31)32-23(29)18-5-7-21(8-6-18)33-25(15(3)4)19-10-16-9-17(12-19)13-20(25)11-16/h5-8,14-17,19-20,22H,9-13H2,1-4H3,(H,30,31)/p-1. The van der Waals surface area contributed by atoms with Gasteiger partial charge < -0.3 is 19.4 Å². The number of benzene rings is 1. The van der Waals surface area contributed by atoms with E-state index in [-0.39, 0.29) is 11.2 Å². The molecule has 4 bridgehead atoms. The van der Waals surface area contributed by atoms with Crippen molar-refractivity contribution < 1.29 is 33.0 Å². The largest absolute Gasteiger partial charge is 0.544 e. The third-order valence-electron chi connectivity index (χ3n) is 8.17. The van der Waals surface area contributed by atoms with E-state index in [1.165, 1.54) is 58.1 Å². The highest BCUT2D eigenvalue weighted by Gasteiger charge is 2.60. The van der Waals surface area contributed by atoms with E-state index in [2.05, 4.69) is 13.8 Å². The molecule has 5 nitrogen and oxygen atoms in total. The molecule has 0 aliphatic heterocycles. The van der Waals surface area contributed by atoms with Crippen LogP contribution in [0.4, 0.5) is 8.78 Å². The summed E-state index contributed by atoms with van der Waals surface area (Å²) in [4.78, 5) is 23.3. The molecule has 1 atom stereocenters. The average molecular weight is 464 g/mol. The summed E-state index contributed by atoms with van der Waals surface area (Å²) in [5.41, 5.74) is -0.167. The van der Waals surface area contributed by atoms with Crippen LogP contribution in [0.5, 0.6) is 5.75 Å². The monoisotopic (exact) mass is 463 g/mol. The SMILES string of the molecule is CC(C)C(OC(=O)c1ccc(OC2(C(C)C)C3CC4CC(C3)CC2C4)cc1)C(F)(F)C(=O)[O-]. The second-order valence-electron chi connectivity index (χ2n) is 10.9. The summed E-state index contributed by atoms with van der Waals surface area (Å²) in [5.74, 6) is -5.09. The fraction of sp³-hybridized carbons (Fsp3) is 0.692. The molecule has 33 heavy (non-hydrogen) atoms. The first-order valence-corrected chi connectivity index (χ1v) is 12.0. The Labute approximate surface area is 193 Å². The second-order valence-corrected chi connectivity index (χ2v) is 10.9. The molecule has 1 aromatic carbocycles. The maximum absolute atomic E-state index is 14.0. The lowest BCUT2D eigenvalue weighted by Crippen LogP contribution is -2.63. The Kier molecular flexibility index (Phi) is 6.21. The van der Waals surface area contributed by atoms with Crippen LogP contribution < -0.4 is 9.84 Å². The smallest absolute Gasteiger partial charge is 0.338 e. The van der Waals surface area contributed by atoms with Crippen LogP contribution in [0.25, 0.3) is 0 Å². The molecular weight excluding hydrogens is 430 g/mol. The number of esters is 1. The summed E-state index contributed by atoms with van der Waals surface area (Å²) in [7, 11) is 0. The topological polar surface area (TPSA) is 75.7 Å². The maximum atomic E-state index is 14.0. The number of carbonyl (C=O) groups excluding carboxylic acids is 2. The van der Waals surface area contributed by atoms with Crippen LogP contribution in [-0.2, 0) is 9.53 Å². The first kappa shape index (κ1) is 24.0. The molecule has 1 unspecified atom stereocenters. The van der Waals surface area contributed by atoms with Crippen molar-refractivity contribution in [3.8, 4) is 5.75 Å². The van der Waals surface area contributed by atoms with Crippen LogP contribution in [-0.4, -0.2) is 29.6 Å². The molecule has 4 saturated carbocycles. The van der Waals surface area contributed by atoms with Crippen molar-refractivity contribution in [1.29, 1.82) is 0 Å². The molecular formula is C26H33F2O5-. The molecule has 5 rings (SSSR count). The number of carboxylic acid groups (broad SMARTS) is 1. The van der Waals surface area contributed by atoms with Crippen LogP contribution in [0.3, 0.4) is 0 Å². The van der Waals surface area contributed by atoms with E-state index in [4.69, 9.17) is 9.47 Å². The molecule has 4 aliphatic carbocycles. The Hall–Kier alpha value is -2.18. The van der Waals surface area contributed by atoms with Crippen LogP contribution in [0.2, 0.25) is 0 Å². The Balaban J connectivity index is 1.50. The number of carboxylic acids is 1.